The summed E-state index contributed by atoms with van der Waals surface area (Å²) in [6.45, 7) is 8.09. The molecular weight excluding hydrogens is 166 g/mol. The van der Waals surface area contributed by atoms with Gasteiger partial charge in [-0.1, -0.05) is 0 Å². The van der Waals surface area contributed by atoms with Crippen molar-refractivity contribution in [3.05, 3.63) is 0 Å². The maximum atomic E-state index is 11.2. The molecule has 13 heavy (non-hydrogen) atoms. The highest BCUT2D eigenvalue weighted by Crippen LogP contribution is 2.11. The first-order valence-electron chi connectivity index (χ1n) is 4.55. The molecule has 0 saturated carbocycles. The molecule has 0 radical (unpaired) electrons. The second-order valence-corrected chi connectivity index (χ2v) is 4.59. The van der Waals surface area contributed by atoms with Crippen LogP contribution in [-0.4, -0.2) is 43.0 Å². The number of rotatable bonds is 4. The Morgan fingerprint density at radius 2 is 1.85 bits per heavy atom. The number of ketones is 1. The number of carbonyl (C=O) groups is 1. The Hall–Kier alpha value is -0.410. The van der Waals surface area contributed by atoms with Crippen LogP contribution in [0.3, 0.4) is 0 Å². The summed E-state index contributed by atoms with van der Waals surface area (Å²) in [6, 6.07) is 0. The molecule has 0 saturated heterocycles. The van der Waals surface area contributed by atoms with Gasteiger partial charge in [-0.05, 0) is 41.8 Å². The highest BCUT2D eigenvalue weighted by atomic mass is 16.5. The molecule has 0 spiro atoms. The third kappa shape index (κ3) is 6.72. The van der Waals surface area contributed by atoms with Crippen molar-refractivity contribution in [2.75, 3.05) is 20.6 Å². The predicted octanol–water partition coefficient (Wildman–Crippen LogP) is 1.32. The largest absolute Gasteiger partial charge is 0.364 e. The average Bonchev–Trinajstić information content (AvgIpc) is 1.81. The Bertz CT molecular complexity index is 170. The van der Waals surface area contributed by atoms with Crippen molar-refractivity contribution in [3.8, 4) is 0 Å². The van der Waals surface area contributed by atoms with Gasteiger partial charge in [0.05, 0.1) is 5.60 Å². The Labute approximate surface area is 81.1 Å². The van der Waals surface area contributed by atoms with Gasteiger partial charge in [-0.25, -0.2) is 0 Å². The van der Waals surface area contributed by atoms with Gasteiger partial charge in [0, 0.05) is 6.54 Å². The molecule has 0 amide bonds. The van der Waals surface area contributed by atoms with Gasteiger partial charge in [-0.3, -0.25) is 4.79 Å². The lowest BCUT2D eigenvalue weighted by Gasteiger charge is -2.27. The van der Waals surface area contributed by atoms with Crippen LogP contribution in [0.1, 0.15) is 27.7 Å². The van der Waals surface area contributed by atoms with Crippen LogP contribution in [0.15, 0.2) is 0 Å². The molecule has 1 atom stereocenters. The highest BCUT2D eigenvalue weighted by molar-refractivity contribution is 5.80. The number of Topliss-reactive ketones (excluding diaryl/α,β-unsaturated/α-hetero) is 1. The van der Waals surface area contributed by atoms with Gasteiger partial charge in [-0.2, -0.15) is 0 Å². The van der Waals surface area contributed by atoms with E-state index in [0.717, 1.165) is 0 Å². The molecule has 0 aromatic carbocycles. The molecule has 0 bridgehead atoms. The second-order valence-electron chi connectivity index (χ2n) is 4.59. The van der Waals surface area contributed by atoms with Crippen LogP contribution < -0.4 is 0 Å². The van der Waals surface area contributed by atoms with Crippen molar-refractivity contribution in [1.29, 1.82) is 0 Å². The number of ether oxygens (including phenoxy) is 1. The standard InChI is InChI=1S/C10H21NO2/c1-8(12)9(7-11(5)6)13-10(2,3)4/h9H,7H2,1-6H3/t9-/m0/s1. The molecule has 0 aliphatic rings. The maximum Gasteiger partial charge on any atom is 0.159 e. The molecule has 3 heteroatoms. The zero-order valence-corrected chi connectivity index (χ0v) is 9.55. The zero-order chi connectivity index (χ0) is 10.6. The lowest BCUT2D eigenvalue weighted by atomic mass is 10.1. The van der Waals surface area contributed by atoms with E-state index in [9.17, 15) is 4.79 Å². The summed E-state index contributed by atoms with van der Waals surface area (Å²) in [5.41, 5.74) is -0.258. The molecule has 0 fully saturated rings. The summed E-state index contributed by atoms with van der Waals surface area (Å²) in [4.78, 5) is 13.2. The van der Waals surface area contributed by atoms with Crippen molar-refractivity contribution < 1.29 is 9.53 Å². The van der Waals surface area contributed by atoms with Crippen molar-refractivity contribution >= 4 is 5.78 Å². The normalized spacial score (nSPS) is 14.7. The highest BCUT2D eigenvalue weighted by Gasteiger charge is 2.22. The first kappa shape index (κ1) is 12.6. The number of likely N-dealkylation sites (N-methyl/N-ethyl adjacent to an activating group) is 1. The second kappa shape index (κ2) is 4.72. The van der Waals surface area contributed by atoms with Crippen LogP contribution in [0, 0.1) is 0 Å². The third-order valence-corrected chi connectivity index (χ3v) is 1.48. The van der Waals surface area contributed by atoms with E-state index in [1.165, 1.54) is 0 Å². The van der Waals surface area contributed by atoms with Gasteiger partial charge in [0.2, 0.25) is 0 Å². The Kier molecular flexibility index (Phi) is 4.57. The van der Waals surface area contributed by atoms with Crippen molar-refractivity contribution in [2.24, 2.45) is 0 Å². The quantitative estimate of drug-likeness (QED) is 0.665. The number of carbonyl (C=O) groups excluding carboxylic acids is 1. The predicted molar refractivity (Wildman–Crippen MR) is 53.9 cm³/mol. The van der Waals surface area contributed by atoms with E-state index in [1.54, 1.807) is 6.92 Å². The number of nitrogens with zero attached hydrogens (tertiary/aromatic N) is 1. The van der Waals surface area contributed by atoms with Crippen molar-refractivity contribution in [2.45, 2.75) is 39.4 Å². The fraction of sp³-hybridized carbons (Fsp3) is 0.900. The van der Waals surface area contributed by atoms with E-state index in [1.807, 2.05) is 39.8 Å². The van der Waals surface area contributed by atoms with Crippen LogP contribution in [-0.2, 0) is 9.53 Å². The van der Waals surface area contributed by atoms with E-state index >= 15 is 0 Å². The minimum absolute atomic E-state index is 0.0867. The molecule has 0 aromatic heterocycles. The Morgan fingerprint density at radius 1 is 1.38 bits per heavy atom. The van der Waals surface area contributed by atoms with Crippen LogP contribution in [0.4, 0.5) is 0 Å². The van der Waals surface area contributed by atoms with Gasteiger partial charge in [-0.15, -0.1) is 0 Å². The minimum atomic E-state index is -0.310. The van der Waals surface area contributed by atoms with Gasteiger partial charge in [0.15, 0.2) is 5.78 Å². The molecular formula is C10H21NO2. The van der Waals surface area contributed by atoms with E-state index in [-0.39, 0.29) is 17.5 Å². The van der Waals surface area contributed by atoms with Gasteiger partial charge in [0.25, 0.3) is 0 Å². The molecule has 78 valence electrons. The SMILES string of the molecule is CC(=O)[C@H](CN(C)C)OC(C)(C)C. The van der Waals surface area contributed by atoms with Crippen LogP contribution >= 0.6 is 0 Å². The molecule has 0 aliphatic carbocycles. The van der Waals surface area contributed by atoms with E-state index < -0.39 is 0 Å². The van der Waals surface area contributed by atoms with Crippen LogP contribution in [0.2, 0.25) is 0 Å². The fourth-order valence-electron chi connectivity index (χ4n) is 1.01. The fourth-order valence-corrected chi connectivity index (χ4v) is 1.01. The number of hydrogen-bond donors (Lipinski definition) is 0. The van der Waals surface area contributed by atoms with Crippen molar-refractivity contribution in [1.82, 2.24) is 4.90 Å². The Balaban J connectivity index is 4.19. The summed E-state index contributed by atoms with van der Waals surface area (Å²) in [5, 5.41) is 0. The molecule has 0 aliphatic heterocycles. The third-order valence-electron chi connectivity index (χ3n) is 1.48. The summed E-state index contributed by atoms with van der Waals surface area (Å²) < 4.78 is 5.62. The molecule has 0 rings (SSSR count). The van der Waals surface area contributed by atoms with E-state index in [0.29, 0.717) is 6.54 Å². The van der Waals surface area contributed by atoms with Crippen LogP contribution in [0.5, 0.6) is 0 Å². The Morgan fingerprint density at radius 3 is 2.08 bits per heavy atom. The van der Waals surface area contributed by atoms with E-state index in [2.05, 4.69) is 0 Å². The summed E-state index contributed by atoms with van der Waals surface area (Å²) in [7, 11) is 3.86. The van der Waals surface area contributed by atoms with Gasteiger partial charge in [0.1, 0.15) is 6.10 Å². The average molecular weight is 187 g/mol. The van der Waals surface area contributed by atoms with E-state index in [4.69, 9.17) is 4.74 Å². The first-order chi connectivity index (χ1) is 5.72. The maximum absolute atomic E-state index is 11.2. The summed E-state index contributed by atoms with van der Waals surface area (Å²) >= 11 is 0. The first-order valence-corrected chi connectivity index (χ1v) is 4.55. The molecule has 3 nitrogen and oxygen atoms in total. The smallest absolute Gasteiger partial charge is 0.159 e. The lowest BCUT2D eigenvalue weighted by Crippen LogP contribution is -2.39. The molecule has 0 unspecified atom stereocenters. The zero-order valence-electron chi connectivity index (χ0n) is 9.55. The van der Waals surface area contributed by atoms with Crippen LogP contribution in [0.25, 0.3) is 0 Å². The number of hydrogen-bond acceptors (Lipinski definition) is 3. The minimum Gasteiger partial charge on any atom is -0.364 e. The summed E-state index contributed by atoms with van der Waals surface area (Å²) in [6.07, 6.45) is -0.310. The molecule has 0 heterocycles. The topological polar surface area (TPSA) is 29.5 Å². The molecule has 0 N–H and O–H groups in total. The van der Waals surface area contributed by atoms with Gasteiger partial charge >= 0.3 is 0 Å². The monoisotopic (exact) mass is 187 g/mol. The molecule has 0 aromatic rings. The van der Waals surface area contributed by atoms with Gasteiger partial charge < -0.3 is 9.64 Å². The van der Waals surface area contributed by atoms with Crippen molar-refractivity contribution in [3.63, 3.8) is 0 Å². The summed E-state index contributed by atoms with van der Waals surface area (Å²) in [5.74, 6) is 0.0867. The lowest BCUT2D eigenvalue weighted by molar-refractivity contribution is -0.139.